The predicted octanol–water partition coefficient (Wildman–Crippen LogP) is 0.0172. The average molecular weight is 271 g/mol. The molecule has 1 rings (SSSR count). The van der Waals surface area contributed by atoms with Crippen molar-refractivity contribution in [1.82, 2.24) is 15.5 Å². The molecule has 0 unspecified atom stereocenters. The van der Waals surface area contributed by atoms with Gasteiger partial charge in [-0.15, -0.1) is 0 Å². The van der Waals surface area contributed by atoms with Crippen molar-refractivity contribution < 1.29 is 19.5 Å². The highest BCUT2D eigenvalue weighted by Gasteiger charge is 2.32. The molecule has 1 aliphatic rings. The number of carbonyl (C=O) groups is 3. The first-order chi connectivity index (χ1) is 8.67. The Bertz CT molecular complexity index is 370. The van der Waals surface area contributed by atoms with Gasteiger partial charge in [-0.3, -0.25) is 9.59 Å². The van der Waals surface area contributed by atoms with Gasteiger partial charge in [0.2, 0.25) is 5.91 Å². The van der Waals surface area contributed by atoms with E-state index in [2.05, 4.69) is 10.6 Å². The maximum absolute atomic E-state index is 11.6. The predicted molar refractivity (Wildman–Crippen MR) is 68.6 cm³/mol. The van der Waals surface area contributed by atoms with Crippen molar-refractivity contribution in [3.8, 4) is 0 Å². The highest BCUT2D eigenvalue weighted by molar-refractivity contribution is 5.84. The smallest absolute Gasteiger partial charge is 0.317 e. The maximum atomic E-state index is 11.6. The minimum Gasteiger partial charge on any atom is -0.481 e. The Morgan fingerprint density at radius 2 is 1.84 bits per heavy atom. The SMILES string of the molecule is CC(C)(C)NC(=O)CNC(=O)N1CC(CC(=O)O)C1. The maximum Gasteiger partial charge on any atom is 0.317 e. The molecule has 19 heavy (non-hydrogen) atoms. The van der Waals surface area contributed by atoms with Gasteiger partial charge in [-0.2, -0.15) is 0 Å². The summed E-state index contributed by atoms with van der Waals surface area (Å²) >= 11 is 0. The first-order valence-electron chi connectivity index (χ1n) is 6.23. The summed E-state index contributed by atoms with van der Waals surface area (Å²) < 4.78 is 0. The number of urea groups is 1. The Morgan fingerprint density at radius 3 is 2.32 bits per heavy atom. The first kappa shape index (κ1) is 15.3. The van der Waals surface area contributed by atoms with Crippen LogP contribution >= 0.6 is 0 Å². The number of hydrogen-bond acceptors (Lipinski definition) is 3. The molecule has 0 radical (unpaired) electrons. The van der Waals surface area contributed by atoms with Crippen LogP contribution in [0.1, 0.15) is 27.2 Å². The van der Waals surface area contributed by atoms with Crippen LogP contribution in [0.15, 0.2) is 0 Å². The molecular weight excluding hydrogens is 250 g/mol. The van der Waals surface area contributed by atoms with E-state index in [9.17, 15) is 14.4 Å². The third kappa shape index (κ3) is 5.58. The van der Waals surface area contributed by atoms with E-state index in [0.29, 0.717) is 13.1 Å². The third-order valence-corrected chi connectivity index (χ3v) is 2.62. The molecule has 1 saturated heterocycles. The van der Waals surface area contributed by atoms with Crippen LogP contribution in [0.3, 0.4) is 0 Å². The molecular formula is C12H21N3O4. The van der Waals surface area contributed by atoms with E-state index in [1.54, 1.807) is 0 Å². The summed E-state index contributed by atoms with van der Waals surface area (Å²) in [4.78, 5) is 35.0. The largest absolute Gasteiger partial charge is 0.481 e. The molecule has 0 aromatic rings. The molecule has 0 saturated carbocycles. The lowest BCUT2D eigenvalue weighted by Gasteiger charge is -2.38. The van der Waals surface area contributed by atoms with Gasteiger partial charge >= 0.3 is 12.0 Å². The van der Waals surface area contributed by atoms with Crippen LogP contribution in [0, 0.1) is 5.92 Å². The van der Waals surface area contributed by atoms with Gasteiger partial charge in [0.25, 0.3) is 0 Å². The zero-order chi connectivity index (χ0) is 14.6. The number of hydrogen-bond donors (Lipinski definition) is 3. The summed E-state index contributed by atoms with van der Waals surface area (Å²) in [5, 5.41) is 13.8. The number of carbonyl (C=O) groups excluding carboxylic acids is 2. The number of nitrogens with one attached hydrogen (secondary N) is 2. The number of carboxylic acid groups (broad SMARTS) is 1. The van der Waals surface area contributed by atoms with Gasteiger partial charge in [0, 0.05) is 24.5 Å². The summed E-state index contributed by atoms with van der Waals surface area (Å²) in [7, 11) is 0. The second-order valence-electron chi connectivity index (χ2n) is 5.83. The molecule has 1 heterocycles. The lowest BCUT2D eigenvalue weighted by atomic mass is 9.97. The van der Waals surface area contributed by atoms with Gasteiger partial charge in [0.05, 0.1) is 13.0 Å². The van der Waals surface area contributed by atoms with E-state index < -0.39 is 5.97 Å². The van der Waals surface area contributed by atoms with Gasteiger partial charge in [-0.25, -0.2) is 4.79 Å². The molecule has 0 aromatic carbocycles. The van der Waals surface area contributed by atoms with Crippen LogP contribution in [0.25, 0.3) is 0 Å². The van der Waals surface area contributed by atoms with Crippen molar-refractivity contribution in [3.63, 3.8) is 0 Å². The summed E-state index contributed by atoms with van der Waals surface area (Å²) in [6.07, 6.45) is 0.0777. The third-order valence-electron chi connectivity index (χ3n) is 2.62. The van der Waals surface area contributed by atoms with Crippen molar-refractivity contribution in [2.45, 2.75) is 32.7 Å². The number of rotatable bonds is 4. The minimum absolute atomic E-state index is 0.0200. The Morgan fingerprint density at radius 1 is 1.26 bits per heavy atom. The number of aliphatic carboxylic acids is 1. The zero-order valence-corrected chi connectivity index (χ0v) is 11.5. The van der Waals surface area contributed by atoms with Gasteiger partial charge < -0.3 is 20.6 Å². The molecule has 3 N–H and O–H groups in total. The summed E-state index contributed by atoms with van der Waals surface area (Å²) in [5.74, 6) is -1.08. The van der Waals surface area contributed by atoms with Crippen LogP contribution in [0.5, 0.6) is 0 Å². The van der Waals surface area contributed by atoms with Crippen molar-refractivity contribution in [3.05, 3.63) is 0 Å². The molecule has 0 bridgehead atoms. The highest BCUT2D eigenvalue weighted by atomic mass is 16.4. The summed E-state index contributed by atoms with van der Waals surface area (Å²) in [6.45, 7) is 6.37. The van der Waals surface area contributed by atoms with Crippen molar-refractivity contribution in [1.29, 1.82) is 0 Å². The summed E-state index contributed by atoms with van der Waals surface area (Å²) in [6, 6.07) is -0.328. The Hall–Kier alpha value is -1.79. The van der Waals surface area contributed by atoms with Gasteiger partial charge in [-0.05, 0) is 20.8 Å². The molecule has 0 aliphatic carbocycles. The monoisotopic (exact) mass is 271 g/mol. The van der Waals surface area contributed by atoms with E-state index >= 15 is 0 Å². The summed E-state index contributed by atoms with van der Waals surface area (Å²) in [5.41, 5.74) is -0.328. The Balaban J connectivity index is 2.20. The minimum atomic E-state index is -0.852. The lowest BCUT2D eigenvalue weighted by Crippen LogP contribution is -2.56. The van der Waals surface area contributed by atoms with Crippen LogP contribution in [0.4, 0.5) is 4.79 Å². The topological polar surface area (TPSA) is 98.7 Å². The lowest BCUT2D eigenvalue weighted by molar-refractivity contribution is -0.139. The molecule has 0 aromatic heterocycles. The molecule has 1 aliphatic heterocycles. The van der Waals surface area contributed by atoms with Crippen molar-refractivity contribution >= 4 is 17.9 Å². The quantitative estimate of drug-likeness (QED) is 0.671. The number of amides is 3. The molecule has 1 fully saturated rings. The standard InChI is InChI=1S/C12H21N3O4/c1-12(2,3)14-9(16)5-13-11(19)15-6-8(7-15)4-10(17)18/h8H,4-7H2,1-3H3,(H,13,19)(H,14,16)(H,17,18). The van der Waals surface area contributed by atoms with Crippen LogP contribution in [-0.2, 0) is 9.59 Å². The van der Waals surface area contributed by atoms with Gasteiger partial charge in [-0.1, -0.05) is 0 Å². The number of likely N-dealkylation sites (tertiary alicyclic amines) is 1. The molecule has 7 heteroatoms. The second-order valence-corrected chi connectivity index (χ2v) is 5.83. The molecule has 0 spiro atoms. The Kier molecular flexibility index (Phi) is 4.74. The van der Waals surface area contributed by atoms with E-state index in [1.807, 2.05) is 20.8 Å². The fraction of sp³-hybridized carbons (Fsp3) is 0.750. The van der Waals surface area contributed by atoms with Crippen molar-refractivity contribution in [2.75, 3.05) is 19.6 Å². The fourth-order valence-electron chi connectivity index (χ4n) is 1.84. The van der Waals surface area contributed by atoms with Gasteiger partial charge in [0.15, 0.2) is 0 Å². The van der Waals surface area contributed by atoms with Crippen molar-refractivity contribution in [2.24, 2.45) is 5.92 Å². The number of nitrogens with zero attached hydrogens (tertiary/aromatic N) is 1. The first-order valence-corrected chi connectivity index (χ1v) is 6.23. The molecule has 3 amide bonds. The molecule has 7 nitrogen and oxygen atoms in total. The molecule has 108 valence electrons. The number of carboxylic acids is 1. The highest BCUT2D eigenvalue weighted by Crippen LogP contribution is 2.18. The average Bonchev–Trinajstić information content (AvgIpc) is 2.16. The normalized spacial score (nSPS) is 15.6. The van der Waals surface area contributed by atoms with Crippen LogP contribution in [0.2, 0.25) is 0 Å². The van der Waals surface area contributed by atoms with Crippen LogP contribution < -0.4 is 10.6 Å². The van der Waals surface area contributed by atoms with E-state index in [4.69, 9.17) is 5.11 Å². The Labute approximate surface area is 112 Å². The molecule has 0 atom stereocenters. The fourth-order valence-corrected chi connectivity index (χ4v) is 1.84. The van der Waals surface area contributed by atoms with E-state index in [-0.39, 0.29) is 36.4 Å². The zero-order valence-electron chi connectivity index (χ0n) is 11.5. The van der Waals surface area contributed by atoms with E-state index in [1.165, 1.54) is 4.90 Å². The van der Waals surface area contributed by atoms with Gasteiger partial charge in [0.1, 0.15) is 0 Å². The van der Waals surface area contributed by atoms with Crippen LogP contribution in [-0.4, -0.2) is 53.1 Å². The van der Waals surface area contributed by atoms with E-state index in [0.717, 1.165) is 0 Å². The second kappa shape index (κ2) is 5.90.